The fraction of sp³-hybridized carbons (Fsp3) is 0.474. The first-order chi connectivity index (χ1) is 12.3. The summed E-state index contributed by atoms with van der Waals surface area (Å²) >= 11 is 0. The average molecular weight is 341 g/mol. The molecule has 6 nitrogen and oxygen atoms in total. The summed E-state index contributed by atoms with van der Waals surface area (Å²) < 4.78 is 11.0. The second-order valence-electron chi connectivity index (χ2n) is 6.49. The number of hydrogen-bond donors (Lipinski definition) is 0. The van der Waals surface area contributed by atoms with Gasteiger partial charge in [0.15, 0.2) is 5.70 Å². The third-order valence-corrected chi connectivity index (χ3v) is 4.79. The molecule has 4 rings (SSSR count). The van der Waals surface area contributed by atoms with E-state index in [2.05, 4.69) is 14.8 Å². The van der Waals surface area contributed by atoms with Crippen LogP contribution in [0.25, 0.3) is 0 Å². The van der Waals surface area contributed by atoms with Gasteiger partial charge in [0.25, 0.3) is 0 Å². The number of aliphatic imine (C=N–C) groups is 1. The number of morpholine rings is 1. The normalized spacial score (nSPS) is 23.4. The minimum Gasteiger partial charge on any atom is -0.402 e. The Kier molecular flexibility index (Phi) is 4.70. The van der Waals surface area contributed by atoms with Crippen molar-refractivity contribution in [1.82, 2.24) is 9.80 Å². The number of cyclic esters (lactones) is 1. The van der Waals surface area contributed by atoms with Gasteiger partial charge in [0.2, 0.25) is 5.90 Å². The minimum atomic E-state index is -0.356. The van der Waals surface area contributed by atoms with Crippen molar-refractivity contribution in [1.29, 1.82) is 0 Å². The van der Waals surface area contributed by atoms with Crippen LogP contribution in [0.1, 0.15) is 24.8 Å². The van der Waals surface area contributed by atoms with E-state index in [0.717, 1.165) is 50.4 Å². The van der Waals surface area contributed by atoms with E-state index in [4.69, 9.17) is 9.47 Å². The zero-order chi connectivity index (χ0) is 17.1. The number of esters is 1. The number of likely N-dealkylation sites (tertiary alicyclic amines) is 1. The minimum absolute atomic E-state index is 0.356. The number of carbonyl (C=O) groups excluding carboxylic acids is 1. The molecular weight excluding hydrogens is 318 g/mol. The van der Waals surface area contributed by atoms with Gasteiger partial charge in [-0.05, 0) is 31.4 Å². The molecule has 0 spiro atoms. The van der Waals surface area contributed by atoms with Crippen LogP contribution in [-0.4, -0.2) is 61.1 Å². The number of nitrogens with zero attached hydrogens (tertiary/aromatic N) is 3. The van der Waals surface area contributed by atoms with Gasteiger partial charge in [-0.2, -0.15) is 0 Å². The van der Waals surface area contributed by atoms with Crippen LogP contribution in [0, 0.1) is 0 Å². The van der Waals surface area contributed by atoms with Gasteiger partial charge in [0.05, 0.1) is 13.2 Å². The first-order valence-corrected chi connectivity index (χ1v) is 9.01. The number of hydrogen-bond acceptors (Lipinski definition) is 6. The van der Waals surface area contributed by atoms with Crippen LogP contribution in [-0.2, 0) is 14.3 Å². The topological polar surface area (TPSA) is 54.4 Å². The lowest BCUT2D eigenvalue weighted by Crippen LogP contribution is -2.44. The molecule has 0 aliphatic carbocycles. The maximum atomic E-state index is 12.6. The van der Waals surface area contributed by atoms with Gasteiger partial charge in [-0.1, -0.05) is 18.2 Å². The molecule has 6 heteroatoms. The van der Waals surface area contributed by atoms with Gasteiger partial charge in [-0.25, -0.2) is 9.79 Å². The molecule has 0 saturated carbocycles. The summed E-state index contributed by atoms with van der Waals surface area (Å²) in [4.78, 5) is 21.7. The molecule has 1 aromatic rings. The highest BCUT2D eigenvalue weighted by Crippen LogP contribution is 2.27. The van der Waals surface area contributed by atoms with Crippen molar-refractivity contribution in [3.63, 3.8) is 0 Å². The molecule has 2 saturated heterocycles. The molecule has 25 heavy (non-hydrogen) atoms. The van der Waals surface area contributed by atoms with E-state index in [0.29, 0.717) is 24.8 Å². The van der Waals surface area contributed by atoms with E-state index in [1.807, 2.05) is 30.3 Å². The summed E-state index contributed by atoms with van der Waals surface area (Å²) in [5, 5.41) is 0. The van der Waals surface area contributed by atoms with Gasteiger partial charge in [0.1, 0.15) is 5.82 Å². The maximum absolute atomic E-state index is 12.6. The lowest BCUT2D eigenvalue weighted by atomic mass is 10.1. The number of benzene rings is 1. The Labute approximate surface area is 147 Å². The second kappa shape index (κ2) is 7.27. The summed E-state index contributed by atoms with van der Waals surface area (Å²) in [6.45, 7) is 4.82. The molecule has 1 aromatic carbocycles. The van der Waals surface area contributed by atoms with Crippen LogP contribution in [0.2, 0.25) is 0 Å². The molecule has 0 amide bonds. The Morgan fingerprint density at radius 3 is 2.32 bits per heavy atom. The Morgan fingerprint density at radius 2 is 1.60 bits per heavy atom. The Hall–Kier alpha value is -2.34. The Morgan fingerprint density at radius 1 is 0.920 bits per heavy atom. The lowest BCUT2D eigenvalue weighted by molar-refractivity contribution is -0.130. The van der Waals surface area contributed by atoms with Crippen molar-refractivity contribution in [3.8, 4) is 0 Å². The first-order valence-electron chi connectivity index (χ1n) is 9.01. The van der Waals surface area contributed by atoms with Crippen molar-refractivity contribution < 1.29 is 14.3 Å². The highest BCUT2D eigenvalue weighted by atomic mass is 16.6. The maximum Gasteiger partial charge on any atom is 0.367 e. The monoisotopic (exact) mass is 341 g/mol. The molecule has 0 bridgehead atoms. The third-order valence-electron chi connectivity index (χ3n) is 4.79. The van der Waals surface area contributed by atoms with Crippen LogP contribution >= 0.6 is 0 Å². The Balaban J connectivity index is 1.72. The second-order valence-corrected chi connectivity index (χ2v) is 6.49. The number of carbonyl (C=O) groups is 1. The van der Waals surface area contributed by atoms with E-state index in [-0.39, 0.29) is 5.97 Å². The highest BCUT2D eigenvalue weighted by Gasteiger charge is 2.33. The molecular formula is C19H23N3O3. The molecule has 132 valence electrons. The molecule has 2 fully saturated rings. The molecule has 3 aliphatic heterocycles. The van der Waals surface area contributed by atoms with Crippen LogP contribution < -0.4 is 0 Å². The number of rotatable bonds is 3. The Bertz CT molecular complexity index is 667. The lowest BCUT2D eigenvalue weighted by Gasteiger charge is -2.39. The zero-order valence-electron chi connectivity index (χ0n) is 14.3. The van der Waals surface area contributed by atoms with E-state index in [9.17, 15) is 4.79 Å². The predicted octanol–water partition coefficient (Wildman–Crippen LogP) is 1.98. The van der Waals surface area contributed by atoms with E-state index < -0.39 is 0 Å². The van der Waals surface area contributed by atoms with Gasteiger partial charge in [-0.3, -0.25) is 0 Å². The van der Waals surface area contributed by atoms with E-state index >= 15 is 0 Å². The van der Waals surface area contributed by atoms with Crippen LogP contribution in [0.5, 0.6) is 0 Å². The van der Waals surface area contributed by atoms with Gasteiger partial charge in [-0.15, -0.1) is 0 Å². The molecule has 0 atom stereocenters. The summed E-state index contributed by atoms with van der Waals surface area (Å²) in [7, 11) is 0. The average Bonchev–Trinajstić information content (AvgIpc) is 3.06. The highest BCUT2D eigenvalue weighted by molar-refractivity contribution is 6.11. The SMILES string of the molecule is O=C1OC(c2ccccc2)=N/C1=C(\N1CCCCC1)N1CCOCC1. The largest absolute Gasteiger partial charge is 0.402 e. The molecule has 3 heterocycles. The number of piperidine rings is 1. The van der Waals surface area contributed by atoms with Gasteiger partial charge < -0.3 is 19.3 Å². The molecule has 0 unspecified atom stereocenters. The molecule has 0 N–H and O–H groups in total. The van der Waals surface area contributed by atoms with Crippen molar-refractivity contribution in [2.45, 2.75) is 19.3 Å². The van der Waals surface area contributed by atoms with Crippen molar-refractivity contribution >= 4 is 11.9 Å². The summed E-state index contributed by atoms with van der Waals surface area (Å²) in [6, 6.07) is 9.58. The molecule has 0 aromatic heterocycles. The fourth-order valence-electron chi connectivity index (χ4n) is 3.53. The fourth-order valence-corrected chi connectivity index (χ4v) is 3.53. The van der Waals surface area contributed by atoms with Gasteiger partial charge in [0, 0.05) is 31.7 Å². The smallest absolute Gasteiger partial charge is 0.367 e. The third kappa shape index (κ3) is 3.39. The molecule has 0 radical (unpaired) electrons. The standard InChI is InChI=1S/C19H23N3O3/c23-19-16(20-17(25-19)15-7-3-1-4-8-15)18(21-9-5-2-6-10-21)22-11-13-24-14-12-22/h1,3-4,7-8H,2,5-6,9-14H2/b18-16+. The number of ether oxygens (including phenoxy) is 2. The van der Waals surface area contributed by atoms with Crippen LogP contribution in [0.4, 0.5) is 0 Å². The van der Waals surface area contributed by atoms with Gasteiger partial charge >= 0.3 is 5.97 Å². The van der Waals surface area contributed by atoms with Crippen molar-refractivity contribution in [3.05, 3.63) is 47.4 Å². The quantitative estimate of drug-likeness (QED) is 0.622. The first kappa shape index (κ1) is 16.1. The van der Waals surface area contributed by atoms with E-state index in [1.54, 1.807) is 0 Å². The van der Waals surface area contributed by atoms with Crippen LogP contribution in [0.15, 0.2) is 46.8 Å². The van der Waals surface area contributed by atoms with Crippen LogP contribution in [0.3, 0.4) is 0 Å². The van der Waals surface area contributed by atoms with Crippen molar-refractivity contribution in [2.24, 2.45) is 4.99 Å². The summed E-state index contributed by atoms with van der Waals surface area (Å²) in [6.07, 6.45) is 3.53. The van der Waals surface area contributed by atoms with Crippen molar-refractivity contribution in [2.75, 3.05) is 39.4 Å². The molecule has 3 aliphatic rings. The predicted molar refractivity (Wildman–Crippen MR) is 93.9 cm³/mol. The summed E-state index contributed by atoms with van der Waals surface area (Å²) in [5.74, 6) is 0.952. The zero-order valence-corrected chi connectivity index (χ0v) is 14.3. The summed E-state index contributed by atoms with van der Waals surface area (Å²) in [5.41, 5.74) is 1.26. The van der Waals surface area contributed by atoms with E-state index in [1.165, 1.54) is 6.42 Å².